The molecule has 0 unspecified atom stereocenters. The number of pyridine rings is 1. The van der Waals surface area contributed by atoms with Gasteiger partial charge in [-0.05, 0) is 37.3 Å². The molecule has 3 aromatic heterocycles. The zero-order valence-corrected chi connectivity index (χ0v) is 18.5. The van der Waals surface area contributed by atoms with Gasteiger partial charge in [-0.25, -0.2) is 4.98 Å². The van der Waals surface area contributed by atoms with Crippen molar-refractivity contribution in [3.63, 3.8) is 0 Å². The number of nitriles is 1. The van der Waals surface area contributed by atoms with E-state index in [0.717, 1.165) is 4.57 Å². The average molecular weight is 503 g/mol. The van der Waals surface area contributed by atoms with Crippen LogP contribution < -0.4 is 15.9 Å². The summed E-state index contributed by atoms with van der Waals surface area (Å²) in [5, 5.41) is 15.7. The highest BCUT2D eigenvalue weighted by Gasteiger charge is 2.39. The van der Waals surface area contributed by atoms with Gasteiger partial charge in [0.25, 0.3) is 11.1 Å². The van der Waals surface area contributed by atoms with Gasteiger partial charge in [0, 0.05) is 22.3 Å². The Kier molecular flexibility index (Phi) is 6.19. The Morgan fingerprint density at radius 2 is 1.97 bits per heavy atom. The molecule has 0 amide bonds. The predicted molar refractivity (Wildman–Crippen MR) is 118 cm³/mol. The molecule has 1 aromatic carbocycles. The van der Waals surface area contributed by atoms with Gasteiger partial charge in [-0.15, -0.1) is 0 Å². The quantitative estimate of drug-likeness (QED) is 0.424. The number of aromatic nitrogens is 5. The predicted octanol–water partition coefficient (Wildman–Crippen LogP) is 4.01. The molecule has 0 aliphatic rings. The summed E-state index contributed by atoms with van der Waals surface area (Å²) in [4.78, 5) is 31.5. The molecule has 3 heterocycles. The Bertz CT molecular complexity index is 1570. The summed E-state index contributed by atoms with van der Waals surface area (Å²) in [5.74, 6) is -1.32. The summed E-state index contributed by atoms with van der Waals surface area (Å²) in [6, 6.07) is 8.98. The van der Waals surface area contributed by atoms with Gasteiger partial charge in [-0.3, -0.25) is 19.3 Å². The molecule has 0 bridgehead atoms. The van der Waals surface area contributed by atoms with Crippen molar-refractivity contribution >= 4 is 11.6 Å². The number of halogens is 4. The molecule has 0 atom stereocenters. The maximum atomic E-state index is 13.6. The van der Waals surface area contributed by atoms with E-state index in [0.29, 0.717) is 17.7 Å². The van der Waals surface area contributed by atoms with Crippen LogP contribution in [0.25, 0.3) is 11.4 Å². The summed E-state index contributed by atoms with van der Waals surface area (Å²) < 4.78 is 47.0. The summed E-state index contributed by atoms with van der Waals surface area (Å²) in [6.45, 7) is 1.06. The van der Waals surface area contributed by atoms with Crippen molar-refractivity contribution in [2.75, 3.05) is 0 Å². The van der Waals surface area contributed by atoms with Gasteiger partial charge in [0.05, 0.1) is 35.9 Å². The Hall–Kier alpha value is -4.37. The van der Waals surface area contributed by atoms with E-state index in [2.05, 4.69) is 20.2 Å². The summed E-state index contributed by atoms with van der Waals surface area (Å²) >= 11 is 5.95. The smallest absolute Gasteiger partial charge is 0.437 e. The summed E-state index contributed by atoms with van der Waals surface area (Å²) in [7, 11) is 0. The number of hydrogen-bond donors (Lipinski definition) is 2. The van der Waals surface area contributed by atoms with E-state index in [1.165, 1.54) is 31.3 Å². The first kappa shape index (κ1) is 23.8. The van der Waals surface area contributed by atoms with Crippen LogP contribution in [0.1, 0.15) is 22.4 Å². The van der Waals surface area contributed by atoms with Gasteiger partial charge < -0.3 is 9.72 Å². The summed E-state index contributed by atoms with van der Waals surface area (Å²) in [6.07, 6.45) is -2.83. The lowest BCUT2D eigenvalue weighted by Gasteiger charge is -2.16. The fraction of sp³-hybridized carbons (Fsp3) is 0.136. The molecule has 35 heavy (non-hydrogen) atoms. The Morgan fingerprint density at radius 3 is 2.60 bits per heavy atom. The van der Waals surface area contributed by atoms with E-state index in [1.807, 2.05) is 6.07 Å². The molecule has 0 spiro atoms. The molecule has 0 aliphatic heterocycles. The maximum Gasteiger partial charge on any atom is 0.437 e. The van der Waals surface area contributed by atoms with Crippen molar-refractivity contribution in [3.05, 3.63) is 91.0 Å². The highest BCUT2D eigenvalue weighted by Crippen LogP contribution is 2.36. The third-order valence-corrected chi connectivity index (χ3v) is 5.26. The zero-order chi connectivity index (χ0) is 25.3. The number of rotatable bonds is 5. The molecule has 13 heteroatoms. The standard InChI is InChI=1S/C22H14ClF3N6O3/c1-11-13(8-27)6-14(23)7-17(11)35-18-19(22(24,25)26)28-10-32(21(18)34)9-12-2-3-15(30-20(12)33)16-4-5-29-31-16/h2-7,10H,9H2,1H3,(H,29,31)(H,30,33). The highest BCUT2D eigenvalue weighted by molar-refractivity contribution is 6.30. The van der Waals surface area contributed by atoms with E-state index < -0.39 is 28.7 Å². The van der Waals surface area contributed by atoms with Crippen LogP contribution in [0.2, 0.25) is 5.02 Å². The van der Waals surface area contributed by atoms with Crippen LogP contribution in [0.15, 0.2) is 52.4 Å². The van der Waals surface area contributed by atoms with Crippen molar-refractivity contribution < 1.29 is 17.9 Å². The number of alkyl halides is 3. The highest BCUT2D eigenvalue weighted by atomic mass is 35.5. The molecule has 178 valence electrons. The molecule has 0 radical (unpaired) electrons. The van der Waals surface area contributed by atoms with Crippen molar-refractivity contribution in [2.24, 2.45) is 0 Å². The first-order valence-corrected chi connectivity index (χ1v) is 10.2. The van der Waals surface area contributed by atoms with Gasteiger partial charge in [0.15, 0.2) is 5.69 Å². The van der Waals surface area contributed by atoms with E-state index in [4.69, 9.17) is 16.3 Å². The number of nitrogens with one attached hydrogen (secondary N) is 2. The van der Waals surface area contributed by atoms with Crippen LogP contribution in [-0.2, 0) is 12.7 Å². The minimum atomic E-state index is -5.01. The molecule has 0 fully saturated rings. The van der Waals surface area contributed by atoms with E-state index in [1.54, 1.807) is 12.1 Å². The fourth-order valence-electron chi connectivity index (χ4n) is 3.24. The minimum Gasteiger partial charge on any atom is -0.449 e. The van der Waals surface area contributed by atoms with Crippen LogP contribution in [0, 0.1) is 18.3 Å². The number of nitrogens with zero attached hydrogens (tertiary/aromatic N) is 4. The first-order valence-electron chi connectivity index (χ1n) is 9.85. The lowest BCUT2D eigenvalue weighted by molar-refractivity contribution is -0.142. The van der Waals surface area contributed by atoms with E-state index in [-0.39, 0.29) is 34.0 Å². The first-order chi connectivity index (χ1) is 16.6. The third-order valence-electron chi connectivity index (χ3n) is 5.04. The molecule has 2 N–H and O–H groups in total. The minimum absolute atomic E-state index is 0.0313. The van der Waals surface area contributed by atoms with Gasteiger partial charge in [0.1, 0.15) is 5.75 Å². The third kappa shape index (κ3) is 4.80. The number of ether oxygens (including phenoxy) is 1. The topological polar surface area (TPSA) is 129 Å². The van der Waals surface area contributed by atoms with Crippen LogP contribution >= 0.6 is 11.6 Å². The molecule has 9 nitrogen and oxygen atoms in total. The van der Waals surface area contributed by atoms with Crippen LogP contribution in [0.3, 0.4) is 0 Å². The van der Waals surface area contributed by atoms with Gasteiger partial charge in [-0.2, -0.15) is 23.5 Å². The molecule has 0 saturated carbocycles. The number of aromatic amines is 2. The maximum absolute atomic E-state index is 13.6. The number of hydrogen-bond acceptors (Lipinski definition) is 6. The molecule has 4 aromatic rings. The van der Waals surface area contributed by atoms with Crippen LogP contribution in [-0.4, -0.2) is 24.7 Å². The van der Waals surface area contributed by atoms with Crippen molar-refractivity contribution in [1.82, 2.24) is 24.7 Å². The molecule has 4 rings (SSSR count). The van der Waals surface area contributed by atoms with Gasteiger partial charge >= 0.3 is 6.18 Å². The van der Waals surface area contributed by atoms with Crippen molar-refractivity contribution in [2.45, 2.75) is 19.6 Å². The second-order valence-corrected chi connectivity index (χ2v) is 7.78. The Balaban J connectivity index is 1.77. The van der Waals surface area contributed by atoms with Crippen LogP contribution in [0.4, 0.5) is 13.2 Å². The van der Waals surface area contributed by atoms with Gasteiger partial charge in [-0.1, -0.05) is 11.6 Å². The summed E-state index contributed by atoms with van der Waals surface area (Å²) in [5.41, 5.74) is -1.97. The van der Waals surface area contributed by atoms with Crippen molar-refractivity contribution in [1.29, 1.82) is 5.26 Å². The zero-order valence-electron chi connectivity index (χ0n) is 17.8. The van der Waals surface area contributed by atoms with E-state index >= 15 is 0 Å². The number of benzene rings is 1. The molecule has 0 aliphatic carbocycles. The van der Waals surface area contributed by atoms with E-state index in [9.17, 15) is 28.0 Å². The number of H-pyrrole nitrogens is 2. The fourth-order valence-corrected chi connectivity index (χ4v) is 3.45. The second kappa shape index (κ2) is 9.11. The lowest BCUT2D eigenvalue weighted by atomic mass is 10.1. The monoisotopic (exact) mass is 502 g/mol. The van der Waals surface area contributed by atoms with Crippen molar-refractivity contribution in [3.8, 4) is 29.0 Å². The normalized spacial score (nSPS) is 11.3. The SMILES string of the molecule is Cc1c(C#N)cc(Cl)cc1Oc1c(C(F)(F)F)ncn(Cc2ccc(-c3ccn[nH]3)[nH]c2=O)c1=O. The molecular formula is C22H14ClF3N6O3. The lowest BCUT2D eigenvalue weighted by Crippen LogP contribution is -2.28. The Labute approximate surface area is 199 Å². The van der Waals surface area contributed by atoms with Gasteiger partial charge in [0.2, 0.25) is 5.75 Å². The average Bonchev–Trinajstić information content (AvgIpc) is 3.34. The Morgan fingerprint density at radius 1 is 1.20 bits per heavy atom. The largest absolute Gasteiger partial charge is 0.449 e. The molecular weight excluding hydrogens is 489 g/mol. The second-order valence-electron chi connectivity index (χ2n) is 7.34. The van der Waals surface area contributed by atoms with Crippen LogP contribution in [0.5, 0.6) is 11.5 Å². The molecule has 0 saturated heterocycles.